The van der Waals surface area contributed by atoms with E-state index in [0.29, 0.717) is 0 Å². The van der Waals surface area contributed by atoms with E-state index in [2.05, 4.69) is 15.3 Å². The number of hydrogen-bond donors (Lipinski definition) is 3. The Morgan fingerprint density at radius 3 is 3.00 bits per heavy atom. The Kier molecular flexibility index (Phi) is 3.67. The molecule has 3 heterocycles. The van der Waals surface area contributed by atoms with Gasteiger partial charge in [0, 0.05) is 6.42 Å². The zero-order valence-electron chi connectivity index (χ0n) is 12.0. The molecule has 21 heavy (non-hydrogen) atoms. The summed E-state index contributed by atoms with van der Waals surface area (Å²) in [5, 5.41) is 12.7. The molecule has 7 heteroatoms. The van der Waals surface area contributed by atoms with Crippen LogP contribution in [0.4, 0.5) is 0 Å². The second-order valence-corrected chi connectivity index (χ2v) is 5.90. The number of aromatic amines is 1. The largest absolute Gasteiger partial charge is 0.480 e. The number of carboxylic acid groups (broad SMARTS) is 1. The molecule has 3 atom stereocenters. The topological polar surface area (TPSA) is 98.3 Å². The number of amides is 1. The lowest BCUT2D eigenvalue weighted by Crippen LogP contribution is -2.57. The molecule has 0 aromatic carbocycles. The van der Waals surface area contributed by atoms with Crippen LogP contribution in [0.5, 0.6) is 0 Å². The lowest BCUT2D eigenvalue weighted by molar-refractivity contribution is -0.153. The fraction of sp³-hybridized carbons (Fsp3) is 0.643. The molecule has 0 saturated carbocycles. The first-order valence-electron chi connectivity index (χ1n) is 7.35. The summed E-state index contributed by atoms with van der Waals surface area (Å²) < 4.78 is 0. The van der Waals surface area contributed by atoms with E-state index in [1.165, 1.54) is 4.90 Å². The maximum absolute atomic E-state index is 12.8. The molecular formula is C14H20N4O3. The minimum absolute atomic E-state index is 0.116. The molecule has 0 radical (unpaired) electrons. The predicted molar refractivity (Wildman–Crippen MR) is 74.5 cm³/mol. The van der Waals surface area contributed by atoms with Gasteiger partial charge in [-0.05, 0) is 25.3 Å². The van der Waals surface area contributed by atoms with E-state index >= 15 is 0 Å². The zero-order valence-corrected chi connectivity index (χ0v) is 12.0. The van der Waals surface area contributed by atoms with Crippen molar-refractivity contribution in [2.45, 2.75) is 44.8 Å². The second kappa shape index (κ2) is 5.48. The normalized spacial score (nSPS) is 29.0. The van der Waals surface area contributed by atoms with E-state index in [9.17, 15) is 14.7 Å². The quantitative estimate of drug-likeness (QED) is 0.720. The number of piperidine rings is 1. The number of nitrogens with one attached hydrogen (secondary N) is 2. The number of nitrogens with zero attached hydrogens (tertiary/aromatic N) is 2. The van der Waals surface area contributed by atoms with Crippen LogP contribution in [-0.4, -0.2) is 50.5 Å². The number of imidazole rings is 1. The molecular weight excluding hydrogens is 272 g/mol. The fourth-order valence-corrected chi connectivity index (χ4v) is 3.25. The highest BCUT2D eigenvalue weighted by molar-refractivity contribution is 5.88. The number of carbonyl (C=O) groups excluding carboxylic acids is 1. The predicted octanol–water partition coefficient (Wildman–Crippen LogP) is 0.136. The van der Waals surface area contributed by atoms with Gasteiger partial charge in [-0.25, -0.2) is 9.78 Å². The minimum atomic E-state index is -0.972. The van der Waals surface area contributed by atoms with Gasteiger partial charge in [0.05, 0.1) is 30.3 Å². The lowest BCUT2D eigenvalue weighted by Gasteiger charge is -2.38. The van der Waals surface area contributed by atoms with Gasteiger partial charge in [-0.15, -0.1) is 0 Å². The molecule has 3 rings (SSSR count). The summed E-state index contributed by atoms with van der Waals surface area (Å²) in [6.07, 6.45) is 3.86. The Hall–Kier alpha value is -1.89. The van der Waals surface area contributed by atoms with Crippen LogP contribution in [-0.2, 0) is 22.6 Å². The van der Waals surface area contributed by atoms with E-state index in [1.807, 2.05) is 6.92 Å². The van der Waals surface area contributed by atoms with Crippen molar-refractivity contribution in [3.63, 3.8) is 0 Å². The van der Waals surface area contributed by atoms with Gasteiger partial charge in [0.15, 0.2) is 0 Å². The van der Waals surface area contributed by atoms with Crippen LogP contribution < -0.4 is 5.32 Å². The first kappa shape index (κ1) is 14.1. The molecule has 0 aliphatic carbocycles. The van der Waals surface area contributed by atoms with E-state index < -0.39 is 12.0 Å². The number of rotatable bonds is 2. The summed E-state index contributed by atoms with van der Waals surface area (Å²) in [5.41, 5.74) is 1.58. The van der Waals surface area contributed by atoms with Crippen LogP contribution in [0.1, 0.15) is 31.2 Å². The van der Waals surface area contributed by atoms with Crippen molar-refractivity contribution in [2.75, 3.05) is 6.54 Å². The second-order valence-electron chi connectivity index (χ2n) is 5.90. The first-order valence-corrected chi connectivity index (χ1v) is 7.35. The Morgan fingerprint density at radius 2 is 2.29 bits per heavy atom. The van der Waals surface area contributed by atoms with Crippen molar-refractivity contribution in [1.29, 1.82) is 0 Å². The number of carbonyl (C=O) groups is 2. The highest BCUT2D eigenvalue weighted by atomic mass is 16.4. The maximum Gasteiger partial charge on any atom is 0.326 e. The molecule has 7 nitrogen and oxygen atoms in total. The van der Waals surface area contributed by atoms with Gasteiger partial charge in [-0.2, -0.15) is 0 Å². The van der Waals surface area contributed by atoms with Gasteiger partial charge >= 0.3 is 5.97 Å². The summed E-state index contributed by atoms with van der Waals surface area (Å²) in [5.74, 6) is -0.862. The molecule has 0 spiro atoms. The minimum Gasteiger partial charge on any atom is -0.480 e. The molecule has 1 aromatic rings. The fourth-order valence-electron chi connectivity index (χ4n) is 3.25. The standard InChI is InChI=1S/C14H20N4O3/c1-8-3-2-4-15-12(8)13(19)18-6-10-9(16-7-17-10)5-11(18)14(20)21/h7-8,11-12,15H,2-6H2,1H3,(H,16,17)(H,20,21). The van der Waals surface area contributed by atoms with E-state index in [-0.39, 0.29) is 30.8 Å². The molecule has 2 aliphatic rings. The molecule has 1 aromatic heterocycles. The van der Waals surface area contributed by atoms with Crippen molar-refractivity contribution in [3.8, 4) is 0 Å². The Labute approximate surface area is 122 Å². The summed E-state index contributed by atoms with van der Waals surface area (Å²) in [6, 6.07) is -1.12. The van der Waals surface area contributed by atoms with Crippen LogP contribution in [0, 0.1) is 5.92 Å². The number of H-pyrrole nitrogens is 1. The molecule has 3 N–H and O–H groups in total. The smallest absolute Gasteiger partial charge is 0.326 e. The molecule has 1 amide bonds. The Morgan fingerprint density at radius 1 is 1.48 bits per heavy atom. The summed E-state index contributed by atoms with van der Waals surface area (Å²) in [6.45, 7) is 3.13. The van der Waals surface area contributed by atoms with Crippen LogP contribution >= 0.6 is 0 Å². The van der Waals surface area contributed by atoms with Crippen molar-refractivity contribution in [1.82, 2.24) is 20.2 Å². The van der Waals surface area contributed by atoms with Gasteiger partial charge in [0.2, 0.25) is 5.91 Å². The summed E-state index contributed by atoms with van der Waals surface area (Å²) in [7, 11) is 0. The van der Waals surface area contributed by atoms with Gasteiger partial charge in [-0.3, -0.25) is 4.79 Å². The molecule has 1 fully saturated rings. The number of carboxylic acids is 1. The maximum atomic E-state index is 12.8. The van der Waals surface area contributed by atoms with Gasteiger partial charge in [-0.1, -0.05) is 6.92 Å². The first-order chi connectivity index (χ1) is 10.1. The van der Waals surface area contributed by atoms with Gasteiger partial charge < -0.3 is 20.3 Å². The van der Waals surface area contributed by atoms with Crippen molar-refractivity contribution < 1.29 is 14.7 Å². The molecule has 114 valence electrons. The Bertz CT molecular complexity index is 556. The van der Waals surface area contributed by atoms with Crippen molar-refractivity contribution >= 4 is 11.9 Å². The van der Waals surface area contributed by atoms with Crippen LogP contribution in [0.25, 0.3) is 0 Å². The molecule has 1 saturated heterocycles. The van der Waals surface area contributed by atoms with Crippen molar-refractivity contribution in [3.05, 3.63) is 17.7 Å². The number of fused-ring (bicyclic) bond motifs is 1. The number of aliphatic carboxylic acids is 1. The third kappa shape index (κ3) is 2.53. The van der Waals surface area contributed by atoms with Crippen LogP contribution in [0.3, 0.4) is 0 Å². The van der Waals surface area contributed by atoms with E-state index in [4.69, 9.17) is 0 Å². The molecule has 3 unspecified atom stereocenters. The van der Waals surface area contributed by atoms with Crippen molar-refractivity contribution in [2.24, 2.45) is 5.92 Å². The Balaban J connectivity index is 1.84. The SMILES string of the molecule is CC1CCCNC1C(=O)N1Cc2[nH]cnc2CC1C(=O)O. The lowest BCUT2D eigenvalue weighted by atomic mass is 9.90. The third-order valence-electron chi connectivity index (χ3n) is 4.50. The van der Waals surface area contributed by atoms with E-state index in [1.54, 1.807) is 6.33 Å². The summed E-state index contributed by atoms with van der Waals surface area (Å²) >= 11 is 0. The summed E-state index contributed by atoms with van der Waals surface area (Å²) in [4.78, 5) is 32.9. The number of aromatic nitrogens is 2. The zero-order chi connectivity index (χ0) is 15.0. The highest BCUT2D eigenvalue weighted by Gasteiger charge is 2.40. The third-order valence-corrected chi connectivity index (χ3v) is 4.50. The monoisotopic (exact) mass is 292 g/mol. The highest BCUT2D eigenvalue weighted by Crippen LogP contribution is 2.25. The average molecular weight is 292 g/mol. The molecule has 2 aliphatic heterocycles. The van der Waals surface area contributed by atoms with Gasteiger partial charge in [0.25, 0.3) is 0 Å². The number of hydrogen-bond acceptors (Lipinski definition) is 4. The molecule has 0 bridgehead atoms. The van der Waals surface area contributed by atoms with Gasteiger partial charge in [0.1, 0.15) is 6.04 Å². The average Bonchev–Trinajstić information content (AvgIpc) is 2.93. The van der Waals surface area contributed by atoms with E-state index in [0.717, 1.165) is 30.8 Å². The van der Waals surface area contributed by atoms with Crippen LogP contribution in [0.2, 0.25) is 0 Å². The van der Waals surface area contributed by atoms with Crippen LogP contribution in [0.15, 0.2) is 6.33 Å².